The number of aliphatic hydroxyl groups is 1. The molecule has 1 unspecified atom stereocenters. The highest BCUT2D eigenvalue weighted by Crippen LogP contribution is 2.34. The van der Waals surface area contributed by atoms with E-state index in [0.29, 0.717) is 0 Å². The molecule has 0 aliphatic heterocycles. The molecule has 0 saturated heterocycles. The van der Waals surface area contributed by atoms with E-state index in [2.05, 4.69) is 0 Å². The molecule has 2 nitrogen and oxygen atoms in total. The van der Waals surface area contributed by atoms with Gasteiger partial charge in [-0.25, -0.2) is 0 Å². The van der Waals surface area contributed by atoms with E-state index in [1.807, 2.05) is 37.3 Å². The standard InChI is InChI=1S/C13H18O2/c1-11(12-7-3-2-4-8-12)15-13(14)9-5-6-10-13/h2-4,7-8,11,14H,5-6,9-10H2,1H3. The lowest BCUT2D eigenvalue weighted by atomic mass is 10.1. The van der Waals surface area contributed by atoms with Gasteiger partial charge in [-0.15, -0.1) is 0 Å². The Balaban J connectivity index is 2.00. The zero-order valence-corrected chi connectivity index (χ0v) is 9.15. The maximum Gasteiger partial charge on any atom is 0.166 e. The normalized spacial score (nSPS) is 21.5. The molecule has 0 bridgehead atoms. The minimum atomic E-state index is -0.880. The van der Waals surface area contributed by atoms with Crippen molar-refractivity contribution in [2.24, 2.45) is 0 Å². The van der Waals surface area contributed by atoms with Crippen molar-refractivity contribution in [3.63, 3.8) is 0 Å². The van der Waals surface area contributed by atoms with Crippen LogP contribution in [0.4, 0.5) is 0 Å². The van der Waals surface area contributed by atoms with Crippen LogP contribution in [-0.2, 0) is 4.74 Å². The summed E-state index contributed by atoms with van der Waals surface area (Å²) in [4.78, 5) is 0. The van der Waals surface area contributed by atoms with Gasteiger partial charge < -0.3 is 9.84 Å². The highest BCUT2D eigenvalue weighted by molar-refractivity contribution is 5.16. The van der Waals surface area contributed by atoms with Gasteiger partial charge in [-0.05, 0) is 25.3 Å². The molecular formula is C13H18O2. The molecule has 0 aromatic heterocycles. The predicted molar refractivity (Wildman–Crippen MR) is 59.4 cm³/mol. The maximum atomic E-state index is 10.1. The van der Waals surface area contributed by atoms with Gasteiger partial charge in [-0.1, -0.05) is 30.3 Å². The zero-order valence-electron chi connectivity index (χ0n) is 9.15. The van der Waals surface area contributed by atoms with Crippen molar-refractivity contribution < 1.29 is 9.84 Å². The molecule has 1 aromatic carbocycles. The molecule has 1 atom stereocenters. The number of rotatable bonds is 3. The first kappa shape index (κ1) is 10.7. The van der Waals surface area contributed by atoms with Crippen molar-refractivity contribution in [3.05, 3.63) is 35.9 Å². The summed E-state index contributed by atoms with van der Waals surface area (Å²) < 4.78 is 5.74. The summed E-state index contributed by atoms with van der Waals surface area (Å²) in [6, 6.07) is 10.0. The average Bonchev–Trinajstić information content (AvgIpc) is 2.66. The van der Waals surface area contributed by atoms with Gasteiger partial charge >= 0.3 is 0 Å². The van der Waals surface area contributed by atoms with E-state index in [1.54, 1.807) is 0 Å². The lowest BCUT2D eigenvalue weighted by molar-refractivity contribution is -0.223. The monoisotopic (exact) mass is 206 g/mol. The van der Waals surface area contributed by atoms with E-state index in [-0.39, 0.29) is 6.10 Å². The third-order valence-corrected chi connectivity index (χ3v) is 3.05. The van der Waals surface area contributed by atoms with E-state index >= 15 is 0 Å². The summed E-state index contributed by atoms with van der Waals surface area (Å²) in [5.41, 5.74) is 1.12. The van der Waals surface area contributed by atoms with Gasteiger partial charge in [0.15, 0.2) is 5.79 Å². The van der Waals surface area contributed by atoms with Crippen molar-refractivity contribution in [2.45, 2.75) is 44.5 Å². The van der Waals surface area contributed by atoms with Gasteiger partial charge in [0, 0.05) is 12.8 Å². The maximum absolute atomic E-state index is 10.1. The molecule has 2 heteroatoms. The van der Waals surface area contributed by atoms with E-state index < -0.39 is 5.79 Å². The molecule has 1 aliphatic rings. The molecule has 15 heavy (non-hydrogen) atoms. The van der Waals surface area contributed by atoms with Crippen LogP contribution in [0.5, 0.6) is 0 Å². The van der Waals surface area contributed by atoms with Gasteiger partial charge in [-0.2, -0.15) is 0 Å². The Bertz CT molecular complexity index is 302. The third-order valence-electron chi connectivity index (χ3n) is 3.05. The Morgan fingerprint density at radius 2 is 1.80 bits per heavy atom. The molecule has 0 amide bonds. The third kappa shape index (κ3) is 2.58. The van der Waals surface area contributed by atoms with Crippen LogP contribution in [0.2, 0.25) is 0 Å². The van der Waals surface area contributed by atoms with Crippen molar-refractivity contribution >= 4 is 0 Å². The van der Waals surface area contributed by atoms with Crippen molar-refractivity contribution in [1.29, 1.82) is 0 Å². The molecule has 1 aromatic rings. The summed E-state index contributed by atoms with van der Waals surface area (Å²) in [6.45, 7) is 1.99. The lowest BCUT2D eigenvalue weighted by Gasteiger charge is -2.27. The molecule has 0 radical (unpaired) electrons. The smallest absolute Gasteiger partial charge is 0.166 e. The molecule has 1 aliphatic carbocycles. The molecule has 1 saturated carbocycles. The molecule has 0 heterocycles. The predicted octanol–water partition coefficient (Wildman–Crippen LogP) is 3.03. The Kier molecular flexibility index (Phi) is 3.08. The largest absolute Gasteiger partial charge is 0.365 e. The van der Waals surface area contributed by atoms with Crippen molar-refractivity contribution in [3.8, 4) is 0 Å². The summed E-state index contributed by atoms with van der Waals surface area (Å²) >= 11 is 0. The second kappa shape index (κ2) is 4.33. The molecule has 2 rings (SSSR count). The molecular weight excluding hydrogens is 188 g/mol. The molecule has 1 N–H and O–H groups in total. The van der Waals surface area contributed by atoms with Crippen LogP contribution in [0.25, 0.3) is 0 Å². The fraction of sp³-hybridized carbons (Fsp3) is 0.538. The second-order valence-corrected chi connectivity index (χ2v) is 4.32. The molecule has 0 spiro atoms. The van der Waals surface area contributed by atoms with Crippen molar-refractivity contribution in [2.75, 3.05) is 0 Å². The van der Waals surface area contributed by atoms with Crippen LogP contribution in [-0.4, -0.2) is 10.9 Å². The molecule has 1 fully saturated rings. The van der Waals surface area contributed by atoms with Gasteiger partial charge in [0.25, 0.3) is 0 Å². The Morgan fingerprint density at radius 1 is 1.20 bits per heavy atom. The van der Waals surface area contributed by atoms with Crippen LogP contribution in [0.3, 0.4) is 0 Å². The van der Waals surface area contributed by atoms with Crippen LogP contribution in [0, 0.1) is 0 Å². The number of ether oxygens (including phenoxy) is 1. The molecule has 82 valence electrons. The first-order valence-corrected chi connectivity index (χ1v) is 5.65. The minimum Gasteiger partial charge on any atom is -0.365 e. The average molecular weight is 206 g/mol. The SMILES string of the molecule is CC(OC1(O)CCCC1)c1ccccc1. The Morgan fingerprint density at radius 3 is 2.40 bits per heavy atom. The zero-order chi connectivity index (χ0) is 10.7. The number of hydrogen-bond acceptors (Lipinski definition) is 2. The topological polar surface area (TPSA) is 29.5 Å². The van der Waals surface area contributed by atoms with E-state index in [4.69, 9.17) is 4.74 Å². The Labute approximate surface area is 90.9 Å². The van der Waals surface area contributed by atoms with E-state index in [9.17, 15) is 5.11 Å². The quantitative estimate of drug-likeness (QED) is 0.770. The van der Waals surface area contributed by atoms with Gasteiger partial charge in [0.05, 0.1) is 6.10 Å². The van der Waals surface area contributed by atoms with Crippen LogP contribution in [0.1, 0.15) is 44.3 Å². The first-order valence-electron chi connectivity index (χ1n) is 5.65. The van der Waals surface area contributed by atoms with Crippen LogP contribution >= 0.6 is 0 Å². The Hall–Kier alpha value is -0.860. The first-order chi connectivity index (χ1) is 7.20. The fourth-order valence-electron chi connectivity index (χ4n) is 2.17. The van der Waals surface area contributed by atoms with E-state index in [1.165, 1.54) is 0 Å². The summed E-state index contributed by atoms with van der Waals surface area (Å²) in [6.07, 6.45) is 3.64. The van der Waals surface area contributed by atoms with Gasteiger partial charge in [0.2, 0.25) is 0 Å². The summed E-state index contributed by atoms with van der Waals surface area (Å²) in [7, 11) is 0. The second-order valence-electron chi connectivity index (χ2n) is 4.32. The number of benzene rings is 1. The summed E-state index contributed by atoms with van der Waals surface area (Å²) in [5, 5.41) is 10.1. The van der Waals surface area contributed by atoms with Gasteiger partial charge in [-0.3, -0.25) is 0 Å². The minimum absolute atomic E-state index is 0.0331. The van der Waals surface area contributed by atoms with E-state index in [0.717, 1.165) is 31.2 Å². The lowest BCUT2D eigenvalue weighted by Crippen LogP contribution is -2.29. The highest BCUT2D eigenvalue weighted by atomic mass is 16.6. The number of hydrogen-bond donors (Lipinski definition) is 1. The van der Waals surface area contributed by atoms with Crippen molar-refractivity contribution in [1.82, 2.24) is 0 Å². The summed E-state index contributed by atoms with van der Waals surface area (Å²) in [5.74, 6) is -0.880. The van der Waals surface area contributed by atoms with Crippen LogP contribution in [0.15, 0.2) is 30.3 Å². The highest BCUT2D eigenvalue weighted by Gasteiger charge is 2.33. The fourth-order valence-corrected chi connectivity index (χ4v) is 2.17. The van der Waals surface area contributed by atoms with Crippen LogP contribution < -0.4 is 0 Å². The van der Waals surface area contributed by atoms with Gasteiger partial charge in [0.1, 0.15) is 0 Å².